The highest BCUT2D eigenvalue weighted by atomic mass is 32.2. The van der Waals surface area contributed by atoms with Gasteiger partial charge in [-0.25, -0.2) is 8.42 Å². The average molecular weight is 316 g/mol. The highest BCUT2D eigenvalue weighted by Gasteiger charge is 2.33. The number of benzene rings is 1. The van der Waals surface area contributed by atoms with Crippen molar-refractivity contribution in [3.8, 4) is 0 Å². The maximum Gasteiger partial charge on any atom is 0.304 e. The Morgan fingerprint density at radius 1 is 1.38 bits per heavy atom. The topological polar surface area (TPSA) is 80.5 Å². The Bertz CT molecular complexity index is 642. The third-order valence-electron chi connectivity index (χ3n) is 3.77. The van der Waals surface area contributed by atoms with Gasteiger partial charge >= 0.3 is 5.69 Å². The maximum absolute atomic E-state index is 13.7. The van der Waals surface area contributed by atoms with Crippen LogP contribution in [0, 0.1) is 15.9 Å². The molecular formula is C13H17FN2O4S. The second-order valence-corrected chi connectivity index (χ2v) is 6.91. The highest BCUT2D eigenvalue weighted by molar-refractivity contribution is 7.89. The first-order chi connectivity index (χ1) is 9.87. The molecule has 1 aromatic carbocycles. The average Bonchev–Trinajstić information content (AvgIpc) is 2.92. The van der Waals surface area contributed by atoms with Crippen molar-refractivity contribution in [1.29, 1.82) is 0 Å². The van der Waals surface area contributed by atoms with Crippen LogP contribution in [-0.2, 0) is 10.0 Å². The standard InChI is InChI=1S/C13H17FN2O4S/c1-2-15(10-5-3-4-6-10)21(19,20)11-7-8-13(16(17)18)12(14)9-11/h7-10H,2-6H2,1H3. The third-order valence-corrected chi connectivity index (χ3v) is 5.79. The van der Waals surface area contributed by atoms with Crippen molar-refractivity contribution in [3.05, 3.63) is 34.1 Å². The van der Waals surface area contributed by atoms with Crippen LogP contribution in [0.1, 0.15) is 32.6 Å². The van der Waals surface area contributed by atoms with Gasteiger partial charge in [-0.1, -0.05) is 19.8 Å². The van der Waals surface area contributed by atoms with Gasteiger partial charge in [0.25, 0.3) is 0 Å². The molecule has 116 valence electrons. The van der Waals surface area contributed by atoms with Crippen LogP contribution in [0.3, 0.4) is 0 Å². The number of rotatable bonds is 5. The van der Waals surface area contributed by atoms with Crippen LogP contribution < -0.4 is 0 Å². The molecule has 8 heteroatoms. The van der Waals surface area contributed by atoms with E-state index in [9.17, 15) is 22.9 Å². The first kappa shape index (κ1) is 15.8. The van der Waals surface area contributed by atoms with Crippen LogP contribution in [0.25, 0.3) is 0 Å². The van der Waals surface area contributed by atoms with Crippen LogP contribution in [0.2, 0.25) is 0 Å². The Kier molecular flexibility index (Phi) is 4.58. The molecule has 0 spiro atoms. The predicted molar refractivity (Wildman–Crippen MR) is 74.9 cm³/mol. The van der Waals surface area contributed by atoms with Gasteiger partial charge in [0, 0.05) is 24.7 Å². The molecule has 1 aliphatic carbocycles. The molecule has 0 aliphatic heterocycles. The Hall–Kier alpha value is -1.54. The largest absolute Gasteiger partial charge is 0.304 e. The van der Waals surface area contributed by atoms with E-state index < -0.39 is 26.5 Å². The predicted octanol–water partition coefficient (Wildman–Crippen LogP) is 2.69. The molecule has 0 unspecified atom stereocenters. The maximum atomic E-state index is 13.7. The van der Waals surface area contributed by atoms with Crippen molar-refractivity contribution in [1.82, 2.24) is 4.31 Å². The van der Waals surface area contributed by atoms with Gasteiger partial charge < -0.3 is 0 Å². The van der Waals surface area contributed by atoms with Gasteiger partial charge in [-0.05, 0) is 18.9 Å². The Morgan fingerprint density at radius 3 is 2.48 bits per heavy atom. The molecule has 1 aliphatic rings. The van der Waals surface area contributed by atoms with E-state index in [1.165, 1.54) is 4.31 Å². The second-order valence-electron chi connectivity index (χ2n) is 5.02. The van der Waals surface area contributed by atoms with Gasteiger partial charge in [-0.2, -0.15) is 8.70 Å². The summed E-state index contributed by atoms with van der Waals surface area (Å²) in [6.45, 7) is 2.03. The van der Waals surface area contributed by atoms with E-state index >= 15 is 0 Å². The van der Waals surface area contributed by atoms with Crippen molar-refractivity contribution in [2.75, 3.05) is 6.54 Å². The Morgan fingerprint density at radius 2 is 2.00 bits per heavy atom. The van der Waals surface area contributed by atoms with E-state index in [1.807, 2.05) is 0 Å². The molecular weight excluding hydrogens is 299 g/mol. The fourth-order valence-electron chi connectivity index (χ4n) is 2.75. The summed E-state index contributed by atoms with van der Waals surface area (Å²) in [6, 6.07) is 2.64. The van der Waals surface area contributed by atoms with Gasteiger partial charge in [-0.15, -0.1) is 0 Å². The van der Waals surface area contributed by atoms with Crippen LogP contribution in [0.15, 0.2) is 23.1 Å². The van der Waals surface area contributed by atoms with E-state index in [2.05, 4.69) is 0 Å². The van der Waals surface area contributed by atoms with Gasteiger partial charge in [0.2, 0.25) is 15.8 Å². The molecule has 0 heterocycles. The zero-order chi connectivity index (χ0) is 15.6. The van der Waals surface area contributed by atoms with E-state index in [0.29, 0.717) is 6.54 Å². The summed E-state index contributed by atoms with van der Waals surface area (Å²) in [5, 5.41) is 10.6. The SMILES string of the molecule is CCN(C1CCCC1)S(=O)(=O)c1ccc([N+](=O)[O-])c(F)c1. The van der Waals surface area contributed by atoms with Gasteiger partial charge in [0.1, 0.15) is 0 Å². The van der Waals surface area contributed by atoms with Crippen molar-refractivity contribution < 1.29 is 17.7 Å². The van der Waals surface area contributed by atoms with Crippen molar-refractivity contribution in [2.24, 2.45) is 0 Å². The fourth-order valence-corrected chi connectivity index (χ4v) is 4.45. The molecule has 1 aromatic rings. The zero-order valence-electron chi connectivity index (χ0n) is 11.7. The van der Waals surface area contributed by atoms with E-state index in [-0.39, 0.29) is 10.9 Å². The minimum absolute atomic E-state index is 0.0711. The molecule has 21 heavy (non-hydrogen) atoms. The van der Waals surface area contributed by atoms with Crippen molar-refractivity contribution in [2.45, 2.75) is 43.5 Å². The second kappa shape index (κ2) is 6.07. The molecule has 0 saturated heterocycles. The molecule has 1 saturated carbocycles. The first-order valence-electron chi connectivity index (χ1n) is 6.83. The molecule has 1 fully saturated rings. The molecule has 0 N–H and O–H groups in total. The normalized spacial score (nSPS) is 16.5. The van der Waals surface area contributed by atoms with Crippen LogP contribution in [0.4, 0.5) is 10.1 Å². The molecule has 0 radical (unpaired) electrons. The summed E-state index contributed by atoms with van der Waals surface area (Å²) in [7, 11) is -3.83. The number of nitro groups is 1. The zero-order valence-corrected chi connectivity index (χ0v) is 12.5. The molecule has 0 bridgehead atoms. The first-order valence-corrected chi connectivity index (χ1v) is 8.27. The molecule has 6 nitrogen and oxygen atoms in total. The summed E-state index contributed by atoms with van der Waals surface area (Å²) in [5.74, 6) is -1.14. The third kappa shape index (κ3) is 3.06. The van der Waals surface area contributed by atoms with Crippen molar-refractivity contribution in [3.63, 3.8) is 0 Å². The number of hydrogen-bond donors (Lipinski definition) is 0. The number of nitro benzene ring substituents is 1. The summed E-state index contributed by atoms with van der Waals surface area (Å²) in [5.41, 5.74) is -0.724. The number of halogens is 1. The smallest absolute Gasteiger partial charge is 0.258 e. The number of nitrogens with zero attached hydrogens (tertiary/aromatic N) is 2. The quantitative estimate of drug-likeness (QED) is 0.618. The highest BCUT2D eigenvalue weighted by Crippen LogP contribution is 2.29. The summed E-state index contributed by atoms with van der Waals surface area (Å²) >= 11 is 0. The van der Waals surface area contributed by atoms with Gasteiger partial charge in [0.15, 0.2) is 0 Å². The Balaban J connectivity index is 2.38. The van der Waals surface area contributed by atoms with E-state index in [0.717, 1.165) is 43.9 Å². The summed E-state index contributed by atoms with van der Waals surface area (Å²) in [4.78, 5) is 9.48. The van der Waals surface area contributed by atoms with Crippen LogP contribution in [0.5, 0.6) is 0 Å². The summed E-state index contributed by atoms with van der Waals surface area (Å²) < 4.78 is 40.2. The fraction of sp³-hybridized carbons (Fsp3) is 0.538. The van der Waals surface area contributed by atoms with Crippen LogP contribution >= 0.6 is 0 Å². The lowest BCUT2D eigenvalue weighted by Crippen LogP contribution is -2.38. The van der Waals surface area contributed by atoms with Crippen LogP contribution in [-0.4, -0.2) is 30.2 Å². The monoisotopic (exact) mass is 316 g/mol. The van der Waals surface area contributed by atoms with Gasteiger partial charge in [-0.3, -0.25) is 10.1 Å². The van der Waals surface area contributed by atoms with Gasteiger partial charge in [0.05, 0.1) is 9.82 Å². The molecule has 0 aromatic heterocycles. The minimum Gasteiger partial charge on any atom is -0.258 e. The number of hydrogen-bond acceptors (Lipinski definition) is 4. The lowest BCUT2D eigenvalue weighted by molar-refractivity contribution is -0.387. The summed E-state index contributed by atoms with van der Waals surface area (Å²) in [6.07, 6.45) is 3.54. The molecule has 0 amide bonds. The molecule has 0 atom stereocenters. The lowest BCUT2D eigenvalue weighted by atomic mass is 10.2. The minimum atomic E-state index is -3.83. The molecule has 2 rings (SSSR count). The van der Waals surface area contributed by atoms with E-state index in [1.54, 1.807) is 6.92 Å². The Labute approximate surface area is 122 Å². The van der Waals surface area contributed by atoms with Crippen molar-refractivity contribution >= 4 is 15.7 Å². The number of sulfonamides is 1. The lowest BCUT2D eigenvalue weighted by Gasteiger charge is -2.26. The van der Waals surface area contributed by atoms with E-state index in [4.69, 9.17) is 0 Å².